The lowest BCUT2D eigenvalue weighted by Crippen LogP contribution is -2.52. The van der Waals surface area contributed by atoms with Gasteiger partial charge in [-0.25, -0.2) is 5.48 Å². The summed E-state index contributed by atoms with van der Waals surface area (Å²) in [6, 6.07) is 25.1. The van der Waals surface area contributed by atoms with Gasteiger partial charge >= 0.3 is 0 Å². The Balaban J connectivity index is 1.53. The molecule has 3 rings (SSSR count). The molecular weight excluding hydrogens is 432 g/mol. The first-order chi connectivity index (χ1) is 16.5. The first-order valence-electron chi connectivity index (χ1n) is 10.9. The monoisotopic (exact) mass is 460 g/mol. The van der Waals surface area contributed by atoms with Crippen molar-refractivity contribution in [1.29, 1.82) is 0 Å². The van der Waals surface area contributed by atoms with E-state index in [9.17, 15) is 14.4 Å². The maximum atomic E-state index is 12.6. The van der Waals surface area contributed by atoms with E-state index < -0.39 is 17.9 Å². The molecule has 176 valence electrons. The number of carbonyl (C=O) groups excluding carboxylic acids is 3. The number of rotatable bonds is 10. The Bertz CT molecular complexity index is 1090. The molecule has 0 radical (unpaired) electrons. The Labute approximate surface area is 198 Å². The molecule has 8 nitrogen and oxygen atoms in total. The average Bonchev–Trinajstić information content (AvgIpc) is 2.90. The van der Waals surface area contributed by atoms with Crippen molar-refractivity contribution in [2.75, 3.05) is 13.1 Å². The number of amides is 3. The molecule has 0 bridgehead atoms. The molecule has 0 spiro atoms. The minimum absolute atomic E-state index is 0.0262. The highest BCUT2D eigenvalue weighted by Gasteiger charge is 2.22. The van der Waals surface area contributed by atoms with Gasteiger partial charge in [-0.1, -0.05) is 72.8 Å². The SMILES string of the molecule is C[C@@H](NCC(=O)NC[C@H](NC(=O)c1ccc(-c2ccccc2)cc1)C(=O)NO)c1ccccc1. The zero-order valence-corrected chi connectivity index (χ0v) is 18.8. The normalized spacial score (nSPS) is 12.3. The Morgan fingerprint density at radius 2 is 1.41 bits per heavy atom. The predicted molar refractivity (Wildman–Crippen MR) is 129 cm³/mol. The van der Waals surface area contributed by atoms with Gasteiger partial charge in [-0.2, -0.15) is 0 Å². The summed E-state index contributed by atoms with van der Waals surface area (Å²) in [5, 5.41) is 17.3. The van der Waals surface area contributed by atoms with Gasteiger partial charge in [0.1, 0.15) is 6.04 Å². The molecule has 3 aromatic rings. The maximum absolute atomic E-state index is 12.6. The first-order valence-corrected chi connectivity index (χ1v) is 10.9. The summed E-state index contributed by atoms with van der Waals surface area (Å²) < 4.78 is 0. The van der Waals surface area contributed by atoms with Crippen LogP contribution < -0.4 is 21.4 Å². The second-order valence-corrected chi connectivity index (χ2v) is 7.76. The van der Waals surface area contributed by atoms with E-state index in [-0.39, 0.29) is 25.0 Å². The molecule has 3 amide bonds. The van der Waals surface area contributed by atoms with Gasteiger partial charge in [-0.15, -0.1) is 0 Å². The fourth-order valence-corrected chi connectivity index (χ4v) is 3.36. The smallest absolute Gasteiger partial charge is 0.267 e. The quantitative estimate of drug-likeness (QED) is 0.235. The zero-order valence-electron chi connectivity index (χ0n) is 18.8. The van der Waals surface area contributed by atoms with E-state index in [4.69, 9.17) is 5.21 Å². The van der Waals surface area contributed by atoms with Crippen molar-refractivity contribution in [2.24, 2.45) is 0 Å². The van der Waals surface area contributed by atoms with Crippen LogP contribution in [-0.2, 0) is 9.59 Å². The number of nitrogens with one attached hydrogen (secondary N) is 4. The van der Waals surface area contributed by atoms with Gasteiger partial charge in [0.2, 0.25) is 5.91 Å². The molecule has 0 unspecified atom stereocenters. The second-order valence-electron chi connectivity index (χ2n) is 7.76. The standard InChI is InChI=1S/C26H28N4O4/c1-18(19-8-4-2-5-9-19)27-17-24(31)28-16-23(26(33)30-34)29-25(32)22-14-12-21(13-15-22)20-10-6-3-7-11-20/h2-15,18,23,27,34H,16-17H2,1H3,(H,28,31)(H,29,32)(H,30,33)/t18-,23+/m1/s1. The summed E-state index contributed by atoms with van der Waals surface area (Å²) >= 11 is 0. The molecule has 0 heterocycles. The molecule has 3 aromatic carbocycles. The van der Waals surface area contributed by atoms with Crippen molar-refractivity contribution in [3.8, 4) is 11.1 Å². The molecule has 5 N–H and O–H groups in total. The third-order valence-electron chi connectivity index (χ3n) is 5.36. The highest BCUT2D eigenvalue weighted by Crippen LogP contribution is 2.19. The summed E-state index contributed by atoms with van der Waals surface area (Å²) in [6.45, 7) is 1.78. The third-order valence-corrected chi connectivity index (χ3v) is 5.36. The van der Waals surface area contributed by atoms with E-state index in [1.165, 1.54) is 5.48 Å². The fraction of sp³-hybridized carbons (Fsp3) is 0.192. The van der Waals surface area contributed by atoms with Crippen LogP contribution in [0.5, 0.6) is 0 Å². The second kappa shape index (κ2) is 12.3. The lowest BCUT2D eigenvalue weighted by molar-refractivity contribution is -0.131. The van der Waals surface area contributed by atoms with Crippen LogP contribution in [0.3, 0.4) is 0 Å². The number of carbonyl (C=O) groups is 3. The number of benzene rings is 3. The molecule has 0 saturated heterocycles. The summed E-state index contributed by atoms with van der Waals surface area (Å²) in [6.07, 6.45) is 0. The number of hydrogen-bond donors (Lipinski definition) is 5. The summed E-state index contributed by atoms with van der Waals surface area (Å²) in [5.74, 6) is -1.68. The zero-order chi connectivity index (χ0) is 24.3. The topological polar surface area (TPSA) is 120 Å². The van der Waals surface area contributed by atoms with E-state index in [0.29, 0.717) is 5.56 Å². The average molecular weight is 461 g/mol. The highest BCUT2D eigenvalue weighted by atomic mass is 16.5. The van der Waals surface area contributed by atoms with Gasteiger partial charge in [0.15, 0.2) is 0 Å². The van der Waals surface area contributed by atoms with Crippen LogP contribution in [0.2, 0.25) is 0 Å². The lowest BCUT2D eigenvalue weighted by atomic mass is 10.0. The van der Waals surface area contributed by atoms with Gasteiger partial charge in [0, 0.05) is 18.2 Å². The molecule has 0 aliphatic carbocycles. The maximum Gasteiger partial charge on any atom is 0.267 e. The Morgan fingerprint density at radius 3 is 2.03 bits per heavy atom. The summed E-state index contributed by atoms with van der Waals surface area (Å²) in [7, 11) is 0. The summed E-state index contributed by atoms with van der Waals surface area (Å²) in [5.41, 5.74) is 4.88. The van der Waals surface area contributed by atoms with Gasteiger partial charge < -0.3 is 16.0 Å². The van der Waals surface area contributed by atoms with Gasteiger partial charge in [-0.3, -0.25) is 19.6 Å². The molecule has 0 saturated carbocycles. The van der Waals surface area contributed by atoms with E-state index in [0.717, 1.165) is 16.7 Å². The fourth-order valence-electron chi connectivity index (χ4n) is 3.36. The molecule has 0 fully saturated rings. The highest BCUT2D eigenvalue weighted by molar-refractivity contribution is 5.98. The van der Waals surface area contributed by atoms with Crippen LogP contribution in [0, 0.1) is 0 Å². The van der Waals surface area contributed by atoms with Crippen LogP contribution in [0.25, 0.3) is 11.1 Å². The van der Waals surface area contributed by atoms with Crippen molar-refractivity contribution in [3.63, 3.8) is 0 Å². The first kappa shape index (κ1) is 24.6. The Kier molecular flexibility index (Phi) is 8.90. The van der Waals surface area contributed by atoms with E-state index >= 15 is 0 Å². The van der Waals surface area contributed by atoms with Crippen molar-refractivity contribution >= 4 is 17.7 Å². The van der Waals surface area contributed by atoms with E-state index in [1.54, 1.807) is 12.1 Å². The molecule has 2 atom stereocenters. The minimum atomic E-state index is -1.15. The van der Waals surface area contributed by atoms with E-state index in [1.807, 2.05) is 79.7 Å². The van der Waals surface area contributed by atoms with Crippen LogP contribution in [0.1, 0.15) is 28.9 Å². The van der Waals surface area contributed by atoms with Crippen molar-refractivity contribution in [1.82, 2.24) is 21.4 Å². The third kappa shape index (κ3) is 6.99. The van der Waals surface area contributed by atoms with Crippen molar-refractivity contribution in [2.45, 2.75) is 19.0 Å². The molecule has 0 aliphatic heterocycles. The van der Waals surface area contributed by atoms with Crippen LogP contribution in [-0.4, -0.2) is 42.1 Å². The molecule has 0 aromatic heterocycles. The van der Waals surface area contributed by atoms with Gasteiger partial charge in [0.25, 0.3) is 11.8 Å². The van der Waals surface area contributed by atoms with Crippen molar-refractivity contribution in [3.05, 3.63) is 96.1 Å². The molecule has 34 heavy (non-hydrogen) atoms. The largest absolute Gasteiger partial charge is 0.352 e. The number of hydroxylamine groups is 1. The Morgan fingerprint density at radius 1 is 0.824 bits per heavy atom. The van der Waals surface area contributed by atoms with Crippen LogP contribution in [0.4, 0.5) is 0 Å². The van der Waals surface area contributed by atoms with Crippen molar-refractivity contribution < 1.29 is 19.6 Å². The van der Waals surface area contributed by atoms with Crippen LogP contribution in [0.15, 0.2) is 84.9 Å². The predicted octanol–water partition coefficient (Wildman–Crippen LogP) is 2.42. The molecular formula is C26H28N4O4. The molecule has 8 heteroatoms. The van der Waals surface area contributed by atoms with Gasteiger partial charge in [-0.05, 0) is 35.7 Å². The molecule has 0 aliphatic rings. The number of hydrogen-bond acceptors (Lipinski definition) is 5. The lowest BCUT2D eigenvalue weighted by Gasteiger charge is -2.18. The van der Waals surface area contributed by atoms with E-state index in [2.05, 4.69) is 16.0 Å². The minimum Gasteiger partial charge on any atom is -0.352 e. The van der Waals surface area contributed by atoms with Crippen LogP contribution >= 0.6 is 0 Å². The summed E-state index contributed by atoms with van der Waals surface area (Å²) in [4.78, 5) is 36.9. The van der Waals surface area contributed by atoms with Gasteiger partial charge in [0.05, 0.1) is 6.54 Å². The Hall–Kier alpha value is -4.01.